The van der Waals surface area contributed by atoms with Gasteiger partial charge in [-0.2, -0.15) is 0 Å². The zero-order valence-corrected chi connectivity index (χ0v) is 17.8. The van der Waals surface area contributed by atoms with Gasteiger partial charge in [0, 0.05) is 6.54 Å². The van der Waals surface area contributed by atoms with E-state index < -0.39 is 0 Å². The van der Waals surface area contributed by atoms with Crippen LogP contribution in [0.2, 0.25) is 0 Å². The molecule has 3 aromatic rings. The predicted octanol–water partition coefficient (Wildman–Crippen LogP) is 5.91. The Balaban J connectivity index is 1.36. The quantitative estimate of drug-likeness (QED) is 0.523. The van der Waals surface area contributed by atoms with Crippen molar-refractivity contribution >= 4 is 0 Å². The van der Waals surface area contributed by atoms with Crippen molar-refractivity contribution in [3.05, 3.63) is 89.0 Å². The number of rotatable bonds is 6. The van der Waals surface area contributed by atoms with Gasteiger partial charge in [-0.3, -0.25) is 0 Å². The van der Waals surface area contributed by atoms with Gasteiger partial charge in [0.1, 0.15) is 12.4 Å². The minimum absolute atomic E-state index is 0.607. The molecule has 0 saturated heterocycles. The molecule has 0 saturated carbocycles. The minimum atomic E-state index is 0.607. The molecule has 1 atom stereocenters. The summed E-state index contributed by atoms with van der Waals surface area (Å²) in [5, 5.41) is 0. The van der Waals surface area contributed by atoms with E-state index in [2.05, 4.69) is 92.6 Å². The minimum Gasteiger partial charge on any atom is -0.489 e. The summed E-state index contributed by atoms with van der Waals surface area (Å²) in [7, 11) is 4.33. The number of hydrogen-bond acceptors (Lipinski definition) is 2. The van der Waals surface area contributed by atoms with Crippen LogP contribution in [0, 0.1) is 12.8 Å². The molecule has 2 heteroatoms. The first-order chi connectivity index (χ1) is 14.1. The number of nitrogens with zero attached hydrogens (tertiary/aromatic N) is 1. The van der Waals surface area contributed by atoms with Crippen molar-refractivity contribution in [2.45, 2.75) is 32.8 Å². The summed E-state index contributed by atoms with van der Waals surface area (Å²) in [5.74, 6) is 1.76. The Hall–Kier alpha value is -2.58. The second kappa shape index (κ2) is 8.84. The number of aryl methyl sites for hydroxylation is 2. The highest BCUT2D eigenvalue weighted by Gasteiger charge is 2.19. The Bertz CT molecular complexity index is 941. The van der Waals surface area contributed by atoms with Crippen molar-refractivity contribution in [2.24, 2.45) is 5.92 Å². The van der Waals surface area contributed by atoms with Gasteiger partial charge in [0.25, 0.3) is 0 Å². The Morgan fingerprint density at radius 2 is 1.55 bits per heavy atom. The first kappa shape index (κ1) is 19.7. The molecule has 150 valence electrons. The predicted molar refractivity (Wildman–Crippen MR) is 121 cm³/mol. The van der Waals surface area contributed by atoms with Gasteiger partial charge >= 0.3 is 0 Å². The Morgan fingerprint density at radius 3 is 2.24 bits per heavy atom. The zero-order valence-electron chi connectivity index (χ0n) is 17.8. The lowest BCUT2D eigenvalue weighted by Crippen LogP contribution is -2.26. The first-order valence-electron chi connectivity index (χ1n) is 10.6. The van der Waals surface area contributed by atoms with Gasteiger partial charge < -0.3 is 9.64 Å². The van der Waals surface area contributed by atoms with E-state index in [-0.39, 0.29) is 0 Å². The molecule has 0 N–H and O–H groups in total. The highest BCUT2D eigenvalue weighted by atomic mass is 16.5. The number of fused-ring (bicyclic) bond motifs is 1. The monoisotopic (exact) mass is 385 g/mol. The summed E-state index contributed by atoms with van der Waals surface area (Å²) < 4.78 is 6.10. The fourth-order valence-electron chi connectivity index (χ4n) is 4.27. The average Bonchev–Trinajstić information content (AvgIpc) is 2.73. The Morgan fingerprint density at radius 1 is 0.862 bits per heavy atom. The lowest BCUT2D eigenvalue weighted by Gasteiger charge is -2.27. The van der Waals surface area contributed by atoms with Crippen LogP contribution < -0.4 is 4.74 Å². The molecule has 0 bridgehead atoms. The molecule has 0 aromatic heterocycles. The van der Waals surface area contributed by atoms with Crippen LogP contribution >= 0.6 is 0 Å². The maximum absolute atomic E-state index is 6.10. The van der Waals surface area contributed by atoms with Gasteiger partial charge in [0.15, 0.2) is 0 Å². The van der Waals surface area contributed by atoms with Crippen LogP contribution in [0.25, 0.3) is 11.1 Å². The molecule has 0 amide bonds. The third-order valence-corrected chi connectivity index (χ3v) is 5.88. The van der Waals surface area contributed by atoms with E-state index in [1.165, 1.54) is 52.8 Å². The molecular formula is C27H31NO. The maximum atomic E-state index is 6.10. The third kappa shape index (κ3) is 5.07. The zero-order chi connectivity index (χ0) is 20.2. The van der Waals surface area contributed by atoms with E-state index in [1.807, 2.05) is 0 Å². The molecule has 0 fully saturated rings. The molecule has 3 aromatic carbocycles. The molecule has 1 aliphatic rings. The summed E-state index contributed by atoms with van der Waals surface area (Å²) in [6, 6.07) is 24.0. The van der Waals surface area contributed by atoms with Crippen molar-refractivity contribution in [3.8, 4) is 16.9 Å². The van der Waals surface area contributed by atoms with E-state index in [9.17, 15) is 0 Å². The number of benzene rings is 3. The van der Waals surface area contributed by atoms with Gasteiger partial charge in [-0.15, -0.1) is 0 Å². The van der Waals surface area contributed by atoms with Crippen LogP contribution in [0.15, 0.2) is 66.7 Å². The molecule has 0 radical (unpaired) electrons. The van der Waals surface area contributed by atoms with Gasteiger partial charge in [0.2, 0.25) is 0 Å². The average molecular weight is 386 g/mol. The summed E-state index contributed by atoms with van der Waals surface area (Å²) in [6.07, 6.45) is 3.62. The Kier molecular flexibility index (Phi) is 6.01. The van der Waals surface area contributed by atoms with Crippen LogP contribution in [0.3, 0.4) is 0 Å². The third-order valence-electron chi connectivity index (χ3n) is 5.88. The molecule has 1 aliphatic carbocycles. The smallest absolute Gasteiger partial charge is 0.120 e. The molecule has 29 heavy (non-hydrogen) atoms. The summed E-state index contributed by atoms with van der Waals surface area (Å²) in [5.41, 5.74) is 7.95. The van der Waals surface area contributed by atoms with Gasteiger partial charge in [-0.1, -0.05) is 60.2 Å². The standard InChI is InChI=1S/C27H31NO/c1-20-4-9-23(10-5-20)24-11-6-21(7-12-24)19-29-27-15-14-25-16-22(18-28(2)3)8-13-26(25)17-27/h4-7,9-12,14-15,17,22H,8,13,16,18-19H2,1-3H3. The first-order valence-corrected chi connectivity index (χ1v) is 10.6. The summed E-state index contributed by atoms with van der Waals surface area (Å²) in [6.45, 7) is 3.90. The van der Waals surface area contributed by atoms with Crippen molar-refractivity contribution in [1.29, 1.82) is 0 Å². The van der Waals surface area contributed by atoms with Crippen molar-refractivity contribution in [3.63, 3.8) is 0 Å². The largest absolute Gasteiger partial charge is 0.489 e. The van der Waals surface area contributed by atoms with Crippen LogP contribution in [-0.4, -0.2) is 25.5 Å². The molecule has 4 rings (SSSR count). The molecule has 2 nitrogen and oxygen atoms in total. The van der Waals surface area contributed by atoms with Gasteiger partial charge in [0.05, 0.1) is 0 Å². The van der Waals surface area contributed by atoms with Crippen LogP contribution in [-0.2, 0) is 19.4 Å². The summed E-state index contributed by atoms with van der Waals surface area (Å²) in [4.78, 5) is 2.30. The van der Waals surface area contributed by atoms with E-state index in [0.717, 1.165) is 18.1 Å². The van der Waals surface area contributed by atoms with Crippen LogP contribution in [0.1, 0.15) is 28.7 Å². The van der Waals surface area contributed by atoms with E-state index in [1.54, 1.807) is 0 Å². The number of hydrogen-bond donors (Lipinski definition) is 0. The second-order valence-electron chi connectivity index (χ2n) is 8.65. The Labute approximate surface area is 175 Å². The summed E-state index contributed by atoms with van der Waals surface area (Å²) >= 11 is 0. The fourth-order valence-corrected chi connectivity index (χ4v) is 4.27. The van der Waals surface area contributed by atoms with E-state index in [0.29, 0.717) is 6.61 Å². The molecule has 1 unspecified atom stereocenters. The lowest BCUT2D eigenvalue weighted by atomic mass is 9.83. The second-order valence-corrected chi connectivity index (χ2v) is 8.65. The van der Waals surface area contributed by atoms with Crippen molar-refractivity contribution in [2.75, 3.05) is 20.6 Å². The normalized spacial score (nSPS) is 15.9. The molecule has 0 heterocycles. The lowest BCUT2D eigenvalue weighted by molar-refractivity contribution is 0.297. The molecule has 0 spiro atoms. The van der Waals surface area contributed by atoms with E-state index in [4.69, 9.17) is 4.74 Å². The highest BCUT2D eigenvalue weighted by molar-refractivity contribution is 5.63. The topological polar surface area (TPSA) is 12.5 Å². The van der Waals surface area contributed by atoms with E-state index >= 15 is 0 Å². The van der Waals surface area contributed by atoms with Crippen molar-refractivity contribution < 1.29 is 4.74 Å². The van der Waals surface area contributed by atoms with Crippen LogP contribution in [0.4, 0.5) is 0 Å². The van der Waals surface area contributed by atoms with Crippen molar-refractivity contribution in [1.82, 2.24) is 4.90 Å². The fraction of sp³-hybridized carbons (Fsp3) is 0.333. The van der Waals surface area contributed by atoms with Crippen LogP contribution in [0.5, 0.6) is 5.75 Å². The van der Waals surface area contributed by atoms with Gasteiger partial charge in [-0.25, -0.2) is 0 Å². The maximum Gasteiger partial charge on any atom is 0.120 e. The SMILES string of the molecule is Cc1ccc(-c2ccc(COc3ccc4c(c3)CCC(CN(C)C)C4)cc2)cc1. The highest BCUT2D eigenvalue weighted by Crippen LogP contribution is 2.29. The molecule has 0 aliphatic heterocycles. The van der Waals surface area contributed by atoms with Gasteiger partial charge in [-0.05, 0) is 86.1 Å². The number of ether oxygens (including phenoxy) is 1. The molecular weight excluding hydrogens is 354 g/mol.